The average molecular weight is 429 g/mol. The molecule has 7 rings (SSSR count). The minimum absolute atomic E-state index is 0.159. The summed E-state index contributed by atoms with van der Waals surface area (Å²) in [7, 11) is 0. The molecule has 4 aliphatic carbocycles. The van der Waals surface area contributed by atoms with Crippen LogP contribution in [0.5, 0.6) is 0 Å². The summed E-state index contributed by atoms with van der Waals surface area (Å²) in [4.78, 5) is 9.70. The summed E-state index contributed by atoms with van der Waals surface area (Å²) in [6, 6.07) is 0. The van der Waals surface area contributed by atoms with E-state index >= 15 is 0 Å². The predicted molar refractivity (Wildman–Crippen MR) is 123 cm³/mol. The van der Waals surface area contributed by atoms with Gasteiger partial charge in [0.1, 0.15) is 22.8 Å². The van der Waals surface area contributed by atoms with Crippen LogP contribution in [0.15, 0.2) is 12.4 Å². The number of nitrogens with one attached hydrogen (secondary N) is 2. The molecule has 4 bridgehead atoms. The van der Waals surface area contributed by atoms with E-state index in [1.807, 2.05) is 12.4 Å². The summed E-state index contributed by atoms with van der Waals surface area (Å²) < 4.78 is 0. The molecule has 0 aromatic carbocycles. The molecule has 3 heterocycles. The minimum Gasteiger partial charge on any atom is -0.281 e. The normalized spacial score (nSPS) is 34.8. The van der Waals surface area contributed by atoms with Crippen molar-refractivity contribution in [1.29, 1.82) is 0 Å². The SMILES string of the molecule is CC12CCC(c3c(-c4cncc(-c5n[nH]c6c5C5CCC6(C)C5(C)C)n4)n[nH]c31)C2(C)C. The Morgan fingerprint density at radius 2 is 1.16 bits per heavy atom. The number of aromatic nitrogens is 6. The topological polar surface area (TPSA) is 83.1 Å². The van der Waals surface area contributed by atoms with E-state index in [2.05, 4.69) is 56.7 Å². The van der Waals surface area contributed by atoms with Crippen LogP contribution >= 0.6 is 0 Å². The van der Waals surface area contributed by atoms with Crippen LogP contribution in [0.3, 0.4) is 0 Å². The fraction of sp³-hybridized carbons (Fsp3) is 0.615. The monoisotopic (exact) mass is 428 g/mol. The van der Waals surface area contributed by atoms with Gasteiger partial charge in [-0.25, -0.2) is 4.98 Å². The fourth-order valence-corrected chi connectivity index (χ4v) is 8.11. The molecule has 0 amide bonds. The Labute approximate surface area is 189 Å². The first-order valence-corrected chi connectivity index (χ1v) is 12.1. The van der Waals surface area contributed by atoms with Crippen LogP contribution in [-0.2, 0) is 10.8 Å². The Hall–Kier alpha value is -2.50. The number of hydrogen-bond donors (Lipinski definition) is 2. The van der Waals surface area contributed by atoms with Gasteiger partial charge in [0.2, 0.25) is 0 Å². The maximum absolute atomic E-state index is 5.09. The van der Waals surface area contributed by atoms with E-state index < -0.39 is 0 Å². The quantitative estimate of drug-likeness (QED) is 0.556. The average Bonchev–Trinajstić information content (AvgIpc) is 3.52. The number of hydrogen-bond acceptors (Lipinski definition) is 4. The van der Waals surface area contributed by atoms with Crippen LogP contribution in [0.2, 0.25) is 0 Å². The van der Waals surface area contributed by atoms with Crippen molar-refractivity contribution in [3.8, 4) is 22.8 Å². The summed E-state index contributed by atoms with van der Waals surface area (Å²) in [5.74, 6) is 1.04. The lowest BCUT2D eigenvalue weighted by molar-refractivity contribution is 0.225. The van der Waals surface area contributed by atoms with Gasteiger partial charge in [0, 0.05) is 33.3 Å². The molecule has 0 spiro atoms. The Morgan fingerprint density at radius 3 is 1.59 bits per heavy atom. The molecule has 32 heavy (non-hydrogen) atoms. The van der Waals surface area contributed by atoms with Gasteiger partial charge in [0.05, 0.1) is 12.4 Å². The summed E-state index contributed by atoms with van der Waals surface area (Å²) >= 11 is 0. The zero-order chi connectivity index (χ0) is 22.3. The standard InChI is InChI=1S/C26H32N6/c1-23(2)13-7-9-25(23,5)21-17(13)19(29-31-21)15-11-27-12-16(28-15)20-18-14-8-10-26(6,24(14,3)4)22(18)32-30-20/h11-14H,7-10H2,1-6H3,(H,29,31)(H,30,32). The number of nitrogens with zero attached hydrogens (tertiary/aromatic N) is 4. The third kappa shape index (κ3) is 1.80. The van der Waals surface area contributed by atoms with Crippen molar-refractivity contribution in [2.75, 3.05) is 0 Å². The van der Waals surface area contributed by atoms with Crippen molar-refractivity contribution in [2.24, 2.45) is 10.8 Å². The second kappa shape index (κ2) is 5.35. The smallest absolute Gasteiger partial charge is 0.116 e. The van der Waals surface area contributed by atoms with Gasteiger partial charge in [0.15, 0.2) is 0 Å². The van der Waals surface area contributed by atoms with Crippen molar-refractivity contribution in [3.05, 3.63) is 34.9 Å². The highest BCUT2D eigenvalue weighted by molar-refractivity contribution is 5.70. The van der Waals surface area contributed by atoms with Gasteiger partial charge < -0.3 is 0 Å². The van der Waals surface area contributed by atoms with Gasteiger partial charge in [-0.15, -0.1) is 0 Å². The van der Waals surface area contributed by atoms with E-state index in [1.54, 1.807) is 0 Å². The van der Waals surface area contributed by atoms with Gasteiger partial charge in [-0.2, -0.15) is 10.2 Å². The molecule has 2 fully saturated rings. The summed E-state index contributed by atoms with van der Waals surface area (Å²) in [5, 5.41) is 16.4. The van der Waals surface area contributed by atoms with Gasteiger partial charge in [0.25, 0.3) is 0 Å². The van der Waals surface area contributed by atoms with E-state index in [9.17, 15) is 0 Å². The number of rotatable bonds is 2. The Bertz CT molecular complexity index is 1200. The molecule has 0 saturated heterocycles. The predicted octanol–water partition coefficient (Wildman–Crippen LogP) is 5.61. The first-order chi connectivity index (χ1) is 15.1. The van der Waals surface area contributed by atoms with Gasteiger partial charge >= 0.3 is 0 Å². The highest BCUT2D eigenvalue weighted by atomic mass is 15.2. The van der Waals surface area contributed by atoms with Crippen LogP contribution in [0, 0.1) is 10.8 Å². The number of fused-ring (bicyclic) bond motifs is 10. The van der Waals surface area contributed by atoms with E-state index in [0.29, 0.717) is 11.8 Å². The third-order valence-corrected chi connectivity index (χ3v) is 11.0. The van der Waals surface area contributed by atoms with E-state index in [4.69, 9.17) is 15.2 Å². The Kier molecular flexibility index (Phi) is 3.18. The summed E-state index contributed by atoms with van der Waals surface area (Å²) in [5.41, 5.74) is 9.84. The summed E-state index contributed by atoms with van der Waals surface area (Å²) in [6.07, 6.45) is 8.62. The second-order valence-electron chi connectivity index (χ2n) is 12.3. The van der Waals surface area contributed by atoms with Crippen LogP contribution < -0.4 is 0 Å². The maximum Gasteiger partial charge on any atom is 0.116 e. The van der Waals surface area contributed by atoms with Crippen LogP contribution in [0.1, 0.15) is 102 Å². The van der Waals surface area contributed by atoms with Crippen LogP contribution in [0.4, 0.5) is 0 Å². The van der Waals surface area contributed by atoms with Crippen molar-refractivity contribution >= 4 is 0 Å². The molecule has 6 heteroatoms. The largest absolute Gasteiger partial charge is 0.281 e. The molecule has 166 valence electrons. The lowest BCUT2D eigenvalue weighted by Gasteiger charge is -2.34. The lowest BCUT2D eigenvalue weighted by Crippen LogP contribution is -2.32. The minimum atomic E-state index is 0.159. The molecular weight excluding hydrogens is 396 g/mol. The zero-order valence-corrected chi connectivity index (χ0v) is 19.9. The van der Waals surface area contributed by atoms with Gasteiger partial charge in [-0.1, -0.05) is 41.5 Å². The first kappa shape index (κ1) is 19.0. The lowest BCUT2D eigenvalue weighted by atomic mass is 9.70. The molecule has 3 aromatic rings. The molecule has 4 atom stereocenters. The third-order valence-electron chi connectivity index (χ3n) is 11.0. The molecular formula is C26H32N6. The highest BCUT2D eigenvalue weighted by Crippen LogP contribution is 2.69. The first-order valence-electron chi connectivity index (χ1n) is 12.1. The van der Waals surface area contributed by atoms with E-state index in [1.165, 1.54) is 48.2 Å². The van der Waals surface area contributed by atoms with Crippen molar-refractivity contribution in [3.63, 3.8) is 0 Å². The molecule has 2 saturated carbocycles. The maximum atomic E-state index is 5.09. The van der Waals surface area contributed by atoms with Gasteiger partial charge in [-0.3, -0.25) is 15.2 Å². The van der Waals surface area contributed by atoms with E-state index in [0.717, 1.165) is 22.8 Å². The van der Waals surface area contributed by atoms with Crippen LogP contribution in [-0.4, -0.2) is 30.4 Å². The molecule has 2 N–H and O–H groups in total. The van der Waals surface area contributed by atoms with Crippen molar-refractivity contribution < 1.29 is 0 Å². The highest BCUT2D eigenvalue weighted by Gasteiger charge is 2.62. The molecule has 0 aliphatic heterocycles. The molecule has 4 unspecified atom stereocenters. The Balaban J connectivity index is 1.35. The van der Waals surface area contributed by atoms with E-state index in [-0.39, 0.29) is 21.7 Å². The molecule has 4 aliphatic rings. The van der Waals surface area contributed by atoms with Gasteiger partial charge in [-0.05, 0) is 48.3 Å². The fourth-order valence-electron chi connectivity index (χ4n) is 8.11. The zero-order valence-electron chi connectivity index (χ0n) is 19.9. The number of aromatic amines is 2. The summed E-state index contributed by atoms with van der Waals surface area (Å²) in [6.45, 7) is 14.4. The van der Waals surface area contributed by atoms with Crippen LogP contribution in [0.25, 0.3) is 22.8 Å². The number of H-pyrrole nitrogens is 2. The molecule has 6 nitrogen and oxygen atoms in total. The Morgan fingerprint density at radius 1 is 0.719 bits per heavy atom. The second-order valence-corrected chi connectivity index (χ2v) is 12.3. The molecule has 0 radical (unpaired) electrons. The van der Waals surface area contributed by atoms with Crippen molar-refractivity contribution in [1.82, 2.24) is 30.4 Å². The van der Waals surface area contributed by atoms with Crippen molar-refractivity contribution in [2.45, 2.75) is 89.9 Å². The molecule has 3 aromatic heterocycles.